The van der Waals surface area contributed by atoms with Gasteiger partial charge in [0, 0.05) is 43.9 Å². The highest BCUT2D eigenvalue weighted by Crippen LogP contribution is 2.38. The molecular weight excluding hydrogens is 688 g/mol. The van der Waals surface area contributed by atoms with Crippen LogP contribution in [0, 0.1) is 23.0 Å². The molecule has 2 saturated heterocycles. The number of likely N-dealkylation sites (tertiary alicyclic amines) is 1. The second-order valence-corrected chi connectivity index (χ2v) is 13.8. The van der Waals surface area contributed by atoms with Gasteiger partial charge < -0.3 is 29.1 Å². The van der Waals surface area contributed by atoms with Crippen LogP contribution < -0.4 is 9.64 Å². The molecule has 1 N–H and O–H groups in total. The lowest BCUT2D eigenvalue weighted by Gasteiger charge is -2.39. The number of carbonyl (C=O) groups excluding carboxylic acids is 1. The number of carbonyl (C=O) groups is 2. The van der Waals surface area contributed by atoms with Crippen LogP contribution in [0.1, 0.15) is 33.6 Å². The second-order valence-electron chi connectivity index (χ2n) is 13.4. The predicted molar refractivity (Wildman–Crippen MR) is 184 cm³/mol. The minimum atomic E-state index is -1.16. The van der Waals surface area contributed by atoms with Crippen LogP contribution in [-0.4, -0.2) is 106 Å². The molecule has 0 saturated carbocycles. The van der Waals surface area contributed by atoms with Crippen molar-refractivity contribution in [1.82, 2.24) is 24.8 Å². The maximum absolute atomic E-state index is 16.8. The van der Waals surface area contributed by atoms with Gasteiger partial charge in [-0.05, 0) is 38.6 Å². The van der Waals surface area contributed by atoms with Crippen molar-refractivity contribution in [1.29, 1.82) is 5.26 Å². The zero-order valence-corrected chi connectivity index (χ0v) is 29.2. The molecule has 4 heterocycles. The fourth-order valence-electron chi connectivity index (χ4n) is 6.52. The number of amides is 2. The summed E-state index contributed by atoms with van der Waals surface area (Å²) in [5.74, 6) is -1.30. The monoisotopic (exact) mass is 723 g/mol. The van der Waals surface area contributed by atoms with Gasteiger partial charge in [0.15, 0.2) is 5.82 Å². The summed E-state index contributed by atoms with van der Waals surface area (Å²) in [6.07, 6.45) is -0.217. The van der Waals surface area contributed by atoms with Crippen LogP contribution in [0.25, 0.3) is 32.9 Å². The van der Waals surface area contributed by atoms with E-state index < -0.39 is 41.5 Å². The summed E-state index contributed by atoms with van der Waals surface area (Å²) in [6, 6.07) is 8.41. The van der Waals surface area contributed by atoms with E-state index in [4.69, 9.17) is 25.8 Å². The first-order chi connectivity index (χ1) is 24.3. The maximum Gasteiger partial charge on any atom is 0.410 e. The molecule has 51 heavy (non-hydrogen) atoms. The normalized spacial score (nSPS) is 19.4. The highest BCUT2D eigenvalue weighted by Gasteiger charge is 2.39. The number of methoxy groups -OCH3 is 1. The number of hydrogen-bond acceptors (Lipinski definition) is 10. The van der Waals surface area contributed by atoms with Crippen molar-refractivity contribution in [2.45, 2.75) is 57.4 Å². The number of benzene rings is 2. The van der Waals surface area contributed by atoms with Gasteiger partial charge in [0.05, 0.1) is 47.6 Å². The number of halogens is 3. The van der Waals surface area contributed by atoms with Crippen molar-refractivity contribution < 1.29 is 37.7 Å². The van der Waals surface area contributed by atoms with E-state index in [2.05, 4.69) is 15.0 Å². The molecule has 4 aromatic rings. The third-order valence-corrected chi connectivity index (χ3v) is 9.30. The number of piperazine rings is 1. The molecule has 1 unspecified atom stereocenters. The van der Waals surface area contributed by atoms with E-state index >= 15 is 4.39 Å². The lowest BCUT2D eigenvalue weighted by Crippen LogP contribution is -2.55. The highest BCUT2D eigenvalue weighted by atomic mass is 35.5. The number of anilines is 1. The van der Waals surface area contributed by atoms with E-state index in [9.17, 15) is 24.3 Å². The molecule has 2 aliphatic heterocycles. The average molecular weight is 724 g/mol. The highest BCUT2D eigenvalue weighted by molar-refractivity contribution is 6.36. The predicted octanol–water partition coefficient (Wildman–Crippen LogP) is 6.26. The Labute approximate surface area is 297 Å². The van der Waals surface area contributed by atoms with Crippen LogP contribution in [0.3, 0.4) is 0 Å². The number of aromatic nitrogens is 3. The average Bonchev–Trinajstić information content (AvgIpc) is 3.52. The first kappa shape index (κ1) is 35.7. The Kier molecular flexibility index (Phi) is 10.0. The third-order valence-electron chi connectivity index (χ3n) is 8.93. The molecule has 2 fully saturated rings. The fraction of sp³-hybridized carbons (Fsp3) is 0.429. The number of ether oxygens (including phenoxy) is 3. The lowest BCUT2D eigenvalue weighted by molar-refractivity contribution is 0.0161. The van der Waals surface area contributed by atoms with E-state index in [1.54, 1.807) is 51.0 Å². The molecule has 13 nitrogen and oxygen atoms in total. The van der Waals surface area contributed by atoms with Crippen LogP contribution in [0.5, 0.6) is 6.01 Å². The molecule has 2 aromatic heterocycles. The minimum Gasteiger partial charge on any atom is -0.465 e. The van der Waals surface area contributed by atoms with Gasteiger partial charge in [0.1, 0.15) is 35.1 Å². The summed E-state index contributed by atoms with van der Waals surface area (Å²) in [5, 5.41) is 20.1. The molecule has 6 rings (SSSR count). The van der Waals surface area contributed by atoms with Gasteiger partial charge in [-0.15, -0.1) is 0 Å². The molecule has 0 bridgehead atoms. The van der Waals surface area contributed by atoms with Crippen molar-refractivity contribution in [3.63, 3.8) is 0 Å². The molecule has 3 atom stereocenters. The number of rotatable bonds is 7. The number of nitrogens with zero attached hydrogens (tertiary/aromatic N) is 7. The van der Waals surface area contributed by atoms with Crippen LogP contribution >= 0.6 is 11.6 Å². The standard InChI is InChI=1S/C35H36ClF2N7O6/c1-35(2,3)51-34(48)45-17-22(49-4)14-21(45)18-50-32-41-30-24(31(42-32)43-12-13-44(33(46)47)20(16-43)10-11-39)15-40-29(28(30)38)23-7-5-6-19-8-9-25(37)27(36)26(19)23/h5-9,15,20-22H,10,12-14,16-18H2,1-4H3,(H,46,47)/t20?,21-,22+/m0/s1. The van der Waals surface area contributed by atoms with E-state index in [0.29, 0.717) is 11.8 Å². The number of hydrogen-bond donors (Lipinski definition) is 1. The van der Waals surface area contributed by atoms with E-state index in [-0.39, 0.29) is 89.7 Å². The molecule has 0 radical (unpaired) electrons. The van der Waals surface area contributed by atoms with Crippen molar-refractivity contribution in [2.24, 2.45) is 0 Å². The minimum absolute atomic E-state index is 0.0583. The van der Waals surface area contributed by atoms with Crippen LogP contribution in [0.2, 0.25) is 5.02 Å². The summed E-state index contributed by atoms with van der Waals surface area (Å²) < 4.78 is 48.6. The zero-order valence-electron chi connectivity index (χ0n) is 28.4. The Morgan fingerprint density at radius 2 is 1.88 bits per heavy atom. The lowest BCUT2D eigenvalue weighted by atomic mass is 10.0. The Balaban J connectivity index is 1.43. The summed E-state index contributed by atoms with van der Waals surface area (Å²) >= 11 is 6.38. The van der Waals surface area contributed by atoms with Gasteiger partial charge in [0.2, 0.25) is 0 Å². The SMILES string of the molecule is CO[C@@H]1C[C@@H](COc2nc(N3CCN(C(=O)O)C(CC#N)C3)c3cnc(-c4cccc5ccc(F)c(Cl)c45)c(F)c3n2)N(C(=O)OC(C)(C)C)C1. The first-order valence-electron chi connectivity index (χ1n) is 16.3. The summed E-state index contributed by atoms with van der Waals surface area (Å²) in [7, 11) is 1.55. The van der Waals surface area contributed by atoms with Crippen molar-refractivity contribution in [2.75, 3.05) is 44.8 Å². The van der Waals surface area contributed by atoms with Crippen molar-refractivity contribution >= 4 is 51.3 Å². The molecule has 16 heteroatoms. The molecular formula is C35H36ClF2N7O6. The summed E-state index contributed by atoms with van der Waals surface area (Å²) in [4.78, 5) is 43.0. The number of carboxylic acid groups (broad SMARTS) is 1. The third kappa shape index (κ3) is 7.24. The summed E-state index contributed by atoms with van der Waals surface area (Å²) in [6.45, 7) is 5.81. The second kappa shape index (κ2) is 14.3. The smallest absolute Gasteiger partial charge is 0.410 e. The van der Waals surface area contributed by atoms with Crippen molar-refractivity contribution in [3.05, 3.63) is 53.2 Å². The Morgan fingerprint density at radius 1 is 1.10 bits per heavy atom. The van der Waals surface area contributed by atoms with Crippen LogP contribution in [0.4, 0.5) is 24.2 Å². The van der Waals surface area contributed by atoms with Gasteiger partial charge in [-0.1, -0.05) is 35.9 Å². The van der Waals surface area contributed by atoms with Gasteiger partial charge in [0.25, 0.3) is 0 Å². The molecule has 0 spiro atoms. The molecule has 0 aliphatic carbocycles. The van der Waals surface area contributed by atoms with E-state index in [1.165, 1.54) is 28.1 Å². The molecule has 2 amide bonds. The van der Waals surface area contributed by atoms with Crippen LogP contribution in [-0.2, 0) is 9.47 Å². The van der Waals surface area contributed by atoms with Gasteiger partial charge in [-0.2, -0.15) is 15.2 Å². The van der Waals surface area contributed by atoms with Gasteiger partial charge in [-0.25, -0.2) is 18.4 Å². The Bertz CT molecular complexity index is 2040. The van der Waals surface area contributed by atoms with Crippen molar-refractivity contribution in [3.8, 4) is 23.3 Å². The van der Waals surface area contributed by atoms with Crippen LogP contribution in [0.15, 0.2) is 36.5 Å². The zero-order chi connectivity index (χ0) is 36.6. The Hall–Kier alpha value is -5.07. The fourth-order valence-corrected chi connectivity index (χ4v) is 6.79. The maximum atomic E-state index is 16.8. The summed E-state index contributed by atoms with van der Waals surface area (Å²) in [5.41, 5.74) is -0.787. The quantitative estimate of drug-likeness (QED) is 0.230. The van der Waals surface area contributed by atoms with E-state index in [1.807, 2.05) is 6.07 Å². The van der Waals surface area contributed by atoms with E-state index in [0.717, 1.165) is 0 Å². The number of fused-ring (bicyclic) bond motifs is 2. The van der Waals surface area contributed by atoms with Gasteiger partial charge >= 0.3 is 18.2 Å². The largest absolute Gasteiger partial charge is 0.465 e. The molecule has 2 aliphatic rings. The topological polar surface area (TPSA) is 154 Å². The number of nitriles is 1. The van der Waals surface area contributed by atoms with Gasteiger partial charge in [-0.3, -0.25) is 9.88 Å². The Morgan fingerprint density at radius 3 is 2.59 bits per heavy atom. The molecule has 2 aromatic carbocycles. The number of pyridine rings is 1. The first-order valence-corrected chi connectivity index (χ1v) is 16.7. The molecule has 268 valence electrons.